The number of hydrogen-bond acceptors (Lipinski definition) is 15. The number of aliphatic hydroxyl groups is 1. The Morgan fingerprint density at radius 2 is 0.485 bits per heavy atom. The number of unbranched alkanes of at least 4 members (excludes halogenated alkanes) is 51. The lowest BCUT2D eigenvalue weighted by Crippen LogP contribution is -2.30. The fourth-order valence-electron chi connectivity index (χ4n) is 12.4. The molecule has 3 unspecified atom stereocenters. The molecule has 0 aliphatic heterocycles. The summed E-state index contributed by atoms with van der Waals surface area (Å²) in [7, 11) is -9.92. The van der Waals surface area contributed by atoms with Crippen LogP contribution in [0.5, 0.6) is 0 Å². The van der Waals surface area contributed by atoms with Gasteiger partial charge in [0.1, 0.15) is 19.3 Å². The summed E-state index contributed by atoms with van der Waals surface area (Å²) in [6.45, 7) is 7.35. The zero-order chi connectivity index (χ0) is 72.7. The van der Waals surface area contributed by atoms with E-state index in [-0.39, 0.29) is 25.7 Å². The molecule has 3 N–H and O–H groups in total. The van der Waals surface area contributed by atoms with Gasteiger partial charge in [-0.15, -0.1) is 0 Å². The van der Waals surface area contributed by atoms with E-state index < -0.39 is 97.5 Å². The van der Waals surface area contributed by atoms with E-state index in [2.05, 4.69) is 34.6 Å². The number of hydrogen-bond donors (Lipinski definition) is 3. The summed E-state index contributed by atoms with van der Waals surface area (Å²) in [4.78, 5) is 73.0. The van der Waals surface area contributed by atoms with Gasteiger partial charge in [0.15, 0.2) is 12.2 Å². The van der Waals surface area contributed by atoms with Crippen LogP contribution in [0.25, 0.3) is 0 Å². The molecule has 17 nitrogen and oxygen atoms in total. The van der Waals surface area contributed by atoms with E-state index in [1.54, 1.807) is 0 Å². The molecule has 0 rings (SSSR count). The fraction of sp³-hybridized carbons (Fsp3) is 0.950. The first kappa shape index (κ1) is 97.1. The molecular weight excluding hydrogens is 1290 g/mol. The average Bonchev–Trinajstić information content (AvgIpc) is 1.11. The zero-order valence-electron chi connectivity index (χ0n) is 64.6. The highest BCUT2D eigenvalue weighted by Crippen LogP contribution is 2.45. The first-order valence-electron chi connectivity index (χ1n) is 41.7. The Labute approximate surface area is 607 Å². The van der Waals surface area contributed by atoms with Gasteiger partial charge in [0.05, 0.1) is 26.4 Å². The molecule has 99 heavy (non-hydrogen) atoms. The minimum Gasteiger partial charge on any atom is -0.462 e. The molecule has 0 spiro atoms. The lowest BCUT2D eigenvalue weighted by atomic mass is 9.99. The third-order valence-corrected chi connectivity index (χ3v) is 21.0. The predicted octanol–water partition coefficient (Wildman–Crippen LogP) is 24.0. The summed E-state index contributed by atoms with van der Waals surface area (Å²) in [5.41, 5.74) is 0. The molecule has 0 heterocycles. The molecular formula is C80H156O17P2. The van der Waals surface area contributed by atoms with Crippen molar-refractivity contribution >= 4 is 39.5 Å². The van der Waals surface area contributed by atoms with Crippen molar-refractivity contribution in [2.75, 3.05) is 39.6 Å². The van der Waals surface area contributed by atoms with Crippen molar-refractivity contribution in [2.24, 2.45) is 5.92 Å². The highest BCUT2D eigenvalue weighted by Gasteiger charge is 2.30. The number of phosphoric ester groups is 2. The summed E-state index contributed by atoms with van der Waals surface area (Å²) in [5.74, 6) is -1.30. The lowest BCUT2D eigenvalue weighted by molar-refractivity contribution is -0.161. The summed E-state index contributed by atoms with van der Waals surface area (Å²) < 4.78 is 68.7. The molecule has 588 valence electrons. The van der Waals surface area contributed by atoms with Crippen LogP contribution in [0.1, 0.15) is 426 Å². The number of ether oxygens (including phenoxy) is 4. The van der Waals surface area contributed by atoms with E-state index in [0.717, 1.165) is 95.8 Å². The van der Waals surface area contributed by atoms with Crippen molar-refractivity contribution in [3.8, 4) is 0 Å². The van der Waals surface area contributed by atoms with E-state index >= 15 is 0 Å². The number of carbonyl (C=O) groups is 4. The van der Waals surface area contributed by atoms with Crippen molar-refractivity contribution < 1.29 is 80.2 Å². The van der Waals surface area contributed by atoms with Crippen LogP contribution in [-0.2, 0) is 65.4 Å². The molecule has 0 aromatic heterocycles. The van der Waals surface area contributed by atoms with Gasteiger partial charge in [-0.25, -0.2) is 9.13 Å². The molecule has 0 radical (unpaired) electrons. The molecule has 0 saturated carbocycles. The Bertz CT molecular complexity index is 1890. The molecule has 0 aromatic carbocycles. The van der Waals surface area contributed by atoms with Crippen LogP contribution in [0.15, 0.2) is 0 Å². The van der Waals surface area contributed by atoms with Gasteiger partial charge in [-0.3, -0.25) is 37.3 Å². The fourth-order valence-corrected chi connectivity index (χ4v) is 14.0. The average molecular weight is 1450 g/mol. The monoisotopic (exact) mass is 1450 g/mol. The highest BCUT2D eigenvalue weighted by atomic mass is 31.2. The van der Waals surface area contributed by atoms with Gasteiger partial charge < -0.3 is 33.8 Å². The predicted molar refractivity (Wildman–Crippen MR) is 405 cm³/mol. The minimum absolute atomic E-state index is 0.108. The van der Waals surface area contributed by atoms with Crippen LogP contribution >= 0.6 is 15.6 Å². The van der Waals surface area contributed by atoms with Gasteiger partial charge in [0.25, 0.3) is 0 Å². The molecule has 0 aliphatic rings. The summed E-state index contributed by atoms with van der Waals surface area (Å²) in [6.07, 6.45) is 63.7. The normalized spacial score (nSPS) is 14.1. The summed E-state index contributed by atoms with van der Waals surface area (Å²) in [6, 6.07) is 0. The first-order chi connectivity index (χ1) is 48.1. The Balaban J connectivity index is 5.22. The van der Waals surface area contributed by atoms with Crippen LogP contribution in [-0.4, -0.2) is 96.7 Å². The summed E-state index contributed by atoms with van der Waals surface area (Å²) >= 11 is 0. The van der Waals surface area contributed by atoms with E-state index in [9.17, 15) is 43.2 Å². The quantitative estimate of drug-likeness (QED) is 0.0222. The van der Waals surface area contributed by atoms with Crippen molar-refractivity contribution in [2.45, 2.75) is 445 Å². The van der Waals surface area contributed by atoms with Crippen molar-refractivity contribution in [3.05, 3.63) is 0 Å². The van der Waals surface area contributed by atoms with E-state index in [4.69, 9.17) is 37.0 Å². The molecule has 0 aromatic rings. The molecule has 0 fully saturated rings. The molecule has 0 saturated heterocycles. The third kappa shape index (κ3) is 72.8. The Morgan fingerprint density at radius 3 is 0.717 bits per heavy atom. The summed E-state index contributed by atoms with van der Waals surface area (Å²) in [5, 5.41) is 10.6. The second kappa shape index (κ2) is 73.0. The standard InChI is InChI=1S/C80H156O17P2/c1-6-10-13-16-19-22-25-27-28-29-30-31-32-33-34-36-39-46-51-56-61-66-80(85)97-76(70-91-78(83)64-59-54-49-44-41-40-42-47-52-57-62-73(5)9-4)72-95-99(88,89)93-68-74(81)67-92-98(86,87)94-71-75(69-90-77(82)63-58-53-48-43-37-24-21-18-15-12-8-3)96-79(84)65-60-55-50-45-38-35-26-23-20-17-14-11-7-2/h73-76,81H,6-72H2,1-5H3,(H,86,87)(H,88,89)/t73?,74-,75+,76+/m0/s1. The molecule has 6 atom stereocenters. The smallest absolute Gasteiger partial charge is 0.462 e. The number of carbonyl (C=O) groups excluding carboxylic acids is 4. The van der Waals surface area contributed by atoms with Gasteiger partial charge >= 0.3 is 39.5 Å². The van der Waals surface area contributed by atoms with Gasteiger partial charge in [0, 0.05) is 25.7 Å². The van der Waals surface area contributed by atoms with Crippen LogP contribution in [0.4, 0.5) is 0 Å². The van der Waals surface area contributed by atoms with Crippen LogP contribution in [0.2, 0.25) is 0 Å². The SMILES string of the molecule is CCCCCCCCCCCCCCCCCCCCCCCC(=O)O[C@H](COC(=O)CCCCCCCCCCCCC(C)CC)COP(=O)(O)OC[C@@H](O)COP(=O)(O)OC[C@@H](COC(=O)CCCCCCCCCCCCC)OC(=O)CCCCCCCCCCCCCCC. The van der Waals surface area contributed by atoms with Crippen LogP contribution < -0.4 is 0 Å². The molecule has 0 aliphatic carbocycles. The van der Waals surface area contributed by atoms with E-state index in [1.165, 1.54) is 250 Å². The van der Waals surface area contributed by atoms with Crippen molar-refractivity contribution in [3.63, 3.8) is 0 Å². The highest BCUT2D eigenvalue weighted by molar-refractivity contribution is 7.47. The minimum atomic E-state index is -4.96. The van der Waals surface area contributed by atoms with Crippen molar-refractivity contribution in [1.82, 2.24) is 0 Å². The topological polar surface area (TPSA) is 237 Å². The number of esters is 4. The number of phosphoric acid groups is 2. The third-order valence-electron chi connectivity index (χ3n) is 19.1. The van der Waals surface area contributed by atoms with Gasteiger partial charge in [0.2, 0.25) is 0 Å². The van der Waals surface area contributed by atoms with Crippen molar-refractivity contribution in [1.29, 1.82) is 0 Å². The number of rotatable bonds is 80. The molecule has 0 bridgehead atoms. The maximum atomic E-state index is 13.1. The molecule has 0 amide bonds. The van der Waals surface area contributed by atoms with Crippen LogP contribution in [0, 0.1) is 5.92 Å². The maximum absolute atomic E-state index is 13.1. The second-order valence-electron chi connectivity index (χ2n) is 29.1. The van der Waals surface area contributed by atoms with E-state index in [1.807, 2.05) is 0 Å². The van der Waals surface area contributed by atoms with Gasteiger partial charge in [-0.05, 0) is 31.6 Å². The van der Waals surface area contributed by atoms with Crippen LogP contribution in [0.3, 0.4) is 0 Å². The lowest BCUT2D eigenvalue weighted by Gasteiger charge is -2.21. The Kier molecular flexibility index (Phi) is 71.6. The van der Waals surface area contributed by atoms with E-state index in [0.29, 0.717) is 25.7 Å². The van der Waals surface area contributed by atoms with Gasteiger partial charge in [-0.2, -0.15) is 0 Å². The first-order valence-corrected chi connectivity index (χ1v) is 44.7. The zero-order valence-corrected chi connectivity index (χ0v) is 66.4. The maximum Gasteiger partial charge on any atom is 0.472 e. The Hall–Kier alpha value is -1.94. The Morgan fingerprint density at radius 1 is 0.283 bits per heavy atom. The molecule has 19 heteroatoms. The largest absolute Gasteiger partial charge is 0.472 e. The second-order valence-corrected chi connectivity index (χ2v) is 32.0. The number of aliphatic hydroxyl groups excluding tert-OH is 1. The van der Waals surface area contributed by atoms with Gasteiger partial charge in [-0.1, -0.05) is 375 Å².